The van der Waals surface area contributed by atoms with Gasteiger partial charge in [-0.3, -0.25) is 23.9 Å². The number of rotatable bonds is 6. The minimum atomic E-state index is -0.497. The maximum absolute atomic E-state index is 12.1. The molecular weight excluding hydrogens is 434 g/mol. The van der Waals surface area contributed by atoms with E-state index in [-0.39, 0.29) is 36.8 Å². The summed E-state index contributed by atoms with van der Waals surface area (Å²) in [5.74, 6) is 0.886. The molecule has 0 saturated carbocycles. The first-order chi connectivity index (χ1) is 13.0. The molecule has 0 fully saturated rings. The minimum Gasteiger partial charge on any atom is -0.349 e. The highest BCUT2D eigenvalue weighted by Gasteiger charge is 2.19. The smallest absolute Gasteiger partial charge is 0.328 e. The molecule has 2 N–H and O–H groups in total. The predicted molar refractivity (Wildman–Crippen MR) is 107 cm³/mol. The van der Waals surface area contributed by atoms with E-state index in [0.29, 0.717) is 29.0 Å². The number of H-pyrrole nitrogens is 1. The topological polar surface area (TPSA) is 101 Å². The number of fused-ring (bicyclic) bond motifs is 1. The zero-order chi connectivity index (χ0) is 19.4. The second-order valence-corrected chi connectivity index (χ2v) is 8.12. The molecule has 7 nitrogen and oxygen atoms in total. The van der Waals surface area contributed by atoms with E-state index in [4.69, 9.17) is 0 Å². The number of hydrogen-bond acceptors (Lipinski definition) is 5. The van der Waals surface area contributed by atoms with Crippen LogP contribution in [0.5, 0.6) is 0 Å². The summed E-state index contributed by atoms with van der Waals surface area (Å²) in [5, 5.41) is 2.59. The second kappa shape index (κ2) is 8.71. The van der Waals surface area contributed by atoms with Crippen LogP contribution in [-0.4, -0.2) is 33.5 Å². The molecule has 1 aliphatic heterocycles. The highest BCUT2D eigenvalue weighted by Crippen LogP contribution is 2.20. The van der Waals surface area contributed by atoms with Gasteiger partial charge in [-0.15, -0.1) is 0 Å². The number of benzene rings is 1. The summed E-state index contributed by atoms with van der Waals surface area (Å²) in [7, 11) is 0. The monoisotopic (exact) mass is 451 g/mol. The maximum Gasteiger partial charge on any atom is 0.328 e. The zero-order valence-corrected chi connectivity index (χ0v) is 16.8. The molecule has 1 aromatic heterocycles. The van der Waals surface area contributed by atoms with Crippen molar-refractivity contribution in [1.29, 1.82) is 0 Å². The van der Waals surface area contributed by atoms with Crippen LogP contribution in [0.25, 0.3) is 0 Å². The Kier molecular flexibility index (Phi) is 6.33. The average molecular weight is 452 g/mol. The third-order valence-electron chi connectivity index (χ3n) is 4.30. The molecule has 1 aliphatic rings. The zero-order valence-electron chi connectivity index (χ0n) is 14.4. The van der Waals surface area contributed by atoms with E-state index in [1.165, 1.54) is 4.57 Å². The number of hydrogen-bond donors (Lipinski definition) is 2. The van der Waals surface area contributed by atoms with Gasteiger partial charge >= 0.3 is 5.69 Å². The van der Waals surface area contributed by atoms with E-state index in [9.17, 15) is 19.2 Å². The van der Waals surface area contributed by atoms with Crippen molar-refractivity contribution in [2.45, 2.75) is 25.1 Å². The van der Waals surface area contributed by atoms with E-state index in [0.717, 1.165) is 10.2 Å². The van der Waals surface area contributed by atoms with Gasteiger partial charge in [0, 0.05) is 40.0 Å². The van der Waals surface area contributed by atoms with Gasteiger partial charge in [0.15, 0.2) is 5.78 Å². The molecule has 0 radical (unpaired) electrons. The maximum atomic E-state index is 12.1. The van der Waals surface area contributed by atoms with Gasteiger partial charge in [0.25, 0.3) is 5.56 Å². The van der Waals surface area contributed by atoms with Crippen LogP contribution >= 0.6 is 27.7 Å². The lowest BCUT2D eigenvalue weighted by atomic mass is 10.1. The van der Waals surface area contributed by atoms with E-state index in [1.54, 1.807) is 30.0 Å². The molecule has 2 aromatic rings. The minimum absolute atomic E-state index is 0.0529. The van der Waals surface area contributed by atoms with Crippen molar-refractivity contribution in [3.63, 3.8) is 0 Å². The lowest BCUT2D eigenvalue weighted by molar-refractivity contribution is -0.121. The first kappa shape index (κ1) is 19.6. The Bertz CT molecular complexity index is 999. The van der Waals surface area contributed by atoms with E-state index >= 15 is 0 Å². The number of carbonyl (C=O) groups excluding carboxylic acids is 2. The third kappa shape index (κ3) is 4.78. The molecule has 2 heterocycles. The van der Waals surface area contributed by atoms with Crippen LogP contribution in [0.15, 0.2) is 38.3 Å². The molecule has 0 saturated heterocycles. The third-order valence-corrected chi connectivity index (χ3v) is 5.78. The molecule has 27 heavy (non-hydrogen) atoms. The van der Waals surface area contributed by atoms with Crippen LogP contribution in [0.1, 0.15) is 28.0 Å². The molecular formula is C18H18BrN3O4S. The van der Waals surface area contributed by atoms with E-state index in [2.05, 4.69) is 26.2 Å². The van der Waals surface area contributed by atoms with Gasteiger partial charge in [-0.05, 0) is 24.3 Å². The number of ketones is 1. The van der Waals surface area contributed by atoms with Gasteiger partial charge in [-0.1, -0.05) is 28.1 Å². The summed E-state index contributed by atoms with van der Waals surface area (Å²) in [6.45, 7) is 0.0596. The van der Waals surface area contributed by atoms with Crippen molar-refractivity contribution < 1.29 is 9.59 Å². The van der Waals surface area contributed by atoms with Crippen LogP contribution in [0.4, 0.5) is 0 Å². The van der Waals surface area contributed by atoms with Gasteiger partial charge in [-0.25, -0.2) is 4.79 Å². The molecule has 0 spiro atoms. The van der Waals surface area contributed by atoms with Gasteiger partial charge < -0.3 is 5.32 Å². The van der Waals surface area contributed by atoms with Gasteiger partial charge in [0.05, 0.1) is 6.54 Å². The van der Waals surface area contributed by atoms with Crippen molar-refractivity contribution in [2.24, 2.45) is 0 Å². The first-order valence-corrected chi connectivity index (χ1v) is 10.4. The number of thioether (sulfide) groups is 1. The van der Waals surface area contributed by atoms with Gasteiger partial charge in [0.2, 0.25) is 5.91 Å². The summed E-state index contributed by atoms with van der Waals surface area (Å²) in [6, 6.07) is 6.95. The predicted octanol–water partition coefficient (Wildman–Crippen LogP) is 1.48. The number of aromatic amines is 1. The Balaban J connectivity index is 1.61. The standard InChI is InChI=1S/C18H18BrN3O4S/c19-12-3-1-2-11(8-12)15(23)9-20-16(24)4-6-22-14-5-7-27-10-13(14)17(25)21-18(22)26/h1-3,8H,4-7,9-10H2,(H,20,24)(H,21,25,26). The Hall–Kier alpha value is -2.13. The van der Waals surface area contributed by atoms with E-state index in [1.807, 2.05) is 6.07 Å². The highest BCUT2D eigenvalue weighted by atomic mass is 79.9. The van der Waals surface area contributed by atoms with Crippen LogP contribution in [-0.2, 0) is 23.5 Å². The second-order valence-electron chi connectivity index (χ2n) is 6.10. The number of halogens is 1. The molecule has 1 aromatic carbocycles. The largest absolute Gasteiger partial charge is 0.349 e. The van der Waals surface area contributed by atoms with E-state index < -0.39 is 5.69 Å². The first-order valence-electron chi connectivity index (χ1n) is 8.44. The summed E-state index contributed by atoms with van der Waals surface area (Å²) in [6.07, 6.45) is 0.680. The Morgan fingerprint density at radius 2 is 2.11 bits per heavy atom. The van der Waals surface area contributed by atoms with Crippen molar-refractivity contribution in [3.05, 3.63) is 66.4 Å². The van der Waals surface area contributed by atoms with Crippen LogP contribution in [0.2, 0.25) is 0 Å². The van der Waals surface area contributed by atoms with Crippen molar-refractivity contribution in [2.75, 3.05) is 12.3 Å². The fraction of sp³-hybridized carbons (Fsp3) is 0.333. The summed E-state index contributed by atoms with van der Waals surface area (Å²) < 4.78 is 2.26. The fourth-order valence-corrected chi connectivity index (χ4v) is 4.30. The van der Waals surface area contributed by atoms with Crippen molar-refractivity contribution in [1.82, 2.24) is 14.9 Å². The number of carbonyl (C=O) groups is 2. The number of nitrogens with one attached hydrogen (secondary N) is 2. The van der Waals surface area contributed by atoms with Crippen LogP contribution < -0.4 is 16.6 Å². The van der Waals surface area contributed by atoms with Crippen LogP contribution in [0.3, 0.4) is 0 Å². The molecule has 0 bridgehead atoms. The number of aromatic nitrogens is 2. The lowest BCUT2D eigenvalue weighted by Gasteiger charge is -2.19. The number of Topliss-reactive ketones (excluding diaryl/α,β-unsaturated/α-hetero) is 1. The molecule has 0 atom stereocenters. The Morgan fingerprint density at radius 1 is 1.30 bits per heavy atom. The highest BCUT2D eigenvalue weighted by molar-refractivity contribution is 9.10. The molecule has 3 rings (SSSR count). The average Bonchev–Trinajstić information content (AvgIpc) is 2.66. The SMILES string of the molecule is O=C(CCn1c2c(c(=O)[nH]c1=O)CSCC2)NCC(=O)c1cccc(Br)c1. The quantitative estimate of drug-likeness (QED) is 0.647. The molecule has 0 aliphatic carbocycles. The number of amides is 1. The number of nitrogens with zero attached hydrogens (tertiary/aromatic N) is 1. The van der Waals surface area contributed by atoms with Gasteiger partial charge in [0.1, 0.15) is 0 Å². The summed E-state index contributed by atoms with van der Waals surface area (Å²) in [5.41, 5.74) is 0.982. The summed E-state index contributed by atoms with van der Waals surface area (Å²) >= 11 is 4.95. The Labute approximate surface area is 167 Å². The summed E-state index contributed by atoms with van der Waals surface area (Å²) in [4.78, 5) is 50.6. The van der Waals surface area contributed by atoms with Crippen molar-refractivity contribution >= 4 is 39.4 Å². The normalized spacial score (nSPS) is 13.1. The lowest BCUT2D eigenvalue weighted by Crippen LogP contribution is -2.38. The molecule has 9 heteroatoms. The van der Waals surface area contributed by atoms with Crippen LogP contribution in [0, 0.1) is 0 Å². The van der Waals surface area contributed by atoms with Gasteiger partial charge in [-0.2, -0.15) is 11.8 Å². The Morgan fingerprint density at radius 3 is 2.89 bits per heavy atom. The fourth-order valence-electron chi connectivity index (χ4n) is 2.92. The molecule has 0 unspecified atom stereocenters. The molecule has 142 valence electrons. The molecule has 1 amide bonds. The van der Waals surface area contributed by atoms with Crippen molar-refractivity contribution in [3.8, 4) is 0 Å².